The molecule has 3 aromatic rings. The highest BCUT2D eigenvalue weighted by Gasteiger charge is 2.53. The first-order chi connectivity index (χ1) is 18.9. The Morgan fingerprint density at radius 3 is 2.23 bits per heavy atom. The molecule has 0 aromatic heterocycles. The highest BCUT2D eigenvalue weighted by Crippen LogP contribution is 2.55. The molecule has 2 aliphatic heterocycles. The molecule has 0 unspecified atom stereocenters. The molecule has 6 rings (SSSR count). The van der Waals surface area contributed by atoms with Crippen LogP contribution in [0.3, 0.4) is 0 Å². The second-order valence-electron chi connectivity index (χ2n) is 9.52. The number of benzene rings is 3. The number of esters is 1. The lowest BCUT2D eigenvalue weighted by Crippen LogP contribution is -2.42. The monoisotopic (exact) mass is 551 g/mol. The van der Waals surface area contributed by atoms with E-state index in [0.717, 1.165) is 16.7 Å². The number of cyclic esters (lactones) is 1. The normalized spacial score (nSPS) is 22.4. The smallest absolute Gasteiger partial charge is 0.310 e. The molecule has 10 heteroatoms. The third kappa shape index (κ3) is 4.08. The molecule has 1 amide bonds. The van der Waals surface area contributed by atoms with Crippen LogP contribution in [0, 0.1) is 11.8 Å². The molecule has 202 valence electrons. The van der Waals surface area contributed by atoms with Gasteiger partial charge in [0.15, 0.2) is 23.0 Å². The van der Waals surface area contributed by atoms with Gasteiger partial charge in [-0.05, 0) is 53.1 Å². The number of ether oxygens (including phenoxy) is 6. The minimum atomic E-state index is -0.600. The zero-order valence-corrected chi connectivity index (χ0v) is 22.2. The summed E-state index contributed by atoms with van der Waals surface area (Å²) in [4.78, 5) is 26.7. The SMILES string of the molecule is COc1cc([C@@H]2c3cc4c(cc3[C@@H](NC(=O)c3ccccc3Cl)[C@H]3COC(=O)[C@H]23)OCO4)cc(OC)c1OC. The van der Waals surface area contributed by atoms with Crippen molar-refractivity contribution in [3.05, 3.63) is 75.8 Å². The summed E-state index contributed by atoms with van der Waals surface area (Å²) in [5.74, 6) is 0.399. The van der Waals surface area contributed by atoms with Crippen molar-refractivity contribution in [3.63, 3.8) is 0 Å². The summed E-state index contributed by atoms with van der Waals surface area (Å²) in [6.45, 7) is 0.227. The lowest BCUT2D eigenvalue weighted by atomic mass is 9.65. The first-order valence-electron chi connectivity index (χ1n) is 12.4. The van der Waals surface area contributed by atoms with Crippen LogP contribution in [0.4, 0.5) is 0 Å². The fourth-order valence-electron chi connectivity index (χ4n) is 5.89. The number of hydrogen-bond acceptors (Lipinski definition) is 8. The Bertz CT molecular complexity index is 1450. The summed E-state index contributed by atoms with van der Waals surface area (Å²) in [7, 11) is 4.62. The average molecular weight is 552 g/mol. The molecular formula is C29H26ClNO8. The van der Waals surface area contributed by atoms with E-state index in [9.17, 15) is 9.59 Å². The van der Waals surface area contributed by atoms with Crippen LogP contribution in [0.25, 0.3) is 0 Å². The second-order valence-corrected chi connectivity index (χ2v) is 9.93. The lowest BCUT2D eigenvalue weighted by molar-refractivity contribution is -0.141. The number of carbonyl (C=O) groups excluding carboxylic acids is 2. The van der Waals surface area contributed by atoms with Crippen molar-refractivity contribution in [1.82, 2.24) is 5.32 Å². The molecule has 1 N–H and O–H groups in total. The molecule has 39 heavy (non-hydrogen) atoms. The van der Waals surface area contributed by atoms with Crippen molar-refractivity contribution in [2.75, 3.05) is 34.7 Å². The van der Waals surface area contributed by atoms with Crippen molar-refractivity contribution < 1.29 is 38.0 Å². The van der Waals surface area contributed by atoms with Gasteiger partial charge in [0.2, 0.25) is 12.5 Å². The second kappa shape index (κ2) is 9.89. The largest absolute Gasteiger partial charge is 0.493 e. The third-order valence-corrected chi connectivity index (χ3v) is 7.97. The number of carbonyl (C=O) groups is 2. The van der Waals surface area contributed by atoms with Crippen LogP contribution in [0.2, 0.25) is 5.02 Å². The van der Waals surface area contributed by atoms with Crippen LogP contribution in [0.1, 0.15) is 39.0 Å². The van der Waals surface area contributed by atoms with Crippen molar-refractivity contribution >= 4 is 23.5 Å². The molecule has 3 aliphatic rings. The van der Waals surface area contributed by atoms with Gasteiger partial charge in [0.05, 0.1) is 50.5 Å². The van der Waals surface area contributed by atoms with Gasteiger partial charge in [-0.1, -0.05) is 23.7 Å². The maximum Gasteiger partial charge on any atom is 0.310 e. The molecule has 9 nitrogen and oxygen atoms in total. The summed E-state index contributed by atoms with van der Waals surface area (Å²) in [5, 5.41) is 3.46. The minimum Gasteiger partial charge on any atom is -0.493 e. The summed E-state index contributed by atoms with van der Waals surface area (Å²) >= 11 is 6.32. The molecule has 0 radical (unpaired) electrons. The first kappa shape index (κ1) is 25.2. The Hall–Kier alpha value is -4.11. The van der Waals surface area contributed by atoms with E-state index in [1.807, 2.05) is 24.3 Å². The van der Waals surface area contributed by atoms with Gasteiger partial charge in [0, 0.05) is 11.8 Å². The molecule has 1 fully saturated rings. The van der Waals surface area contributed by atoms with E-state index in [-0.39, 0.29) is 31.2 Å². The molecule has 1 saturated heterocycles. The Kier molecular flexibility index (Phi) is 6.38. The molecule has 0 bridgehead atoms. The molecule has 2 heterocycles. The Morgan fingerprint density at radius 1 is 0.923 bits per heavy atom. The first-order valence-corrected chi connectivity index (χ1v) is 12.8. The maximum absolute atomic E-state index is 13.4. The van der Waals surface area contributed by atoms with E-state index in [1.165, 1.54) is 7.11 Å². The maximum atomic E-state index is 13.4. The summed E-state index contributed by atoms with van der Waals surface area (Å²) in [6.07, 6.45) is 0. The van der Waals surface area contributed by atoms with E-state index in [4.69, 9.17) is 40.0 Å². The highest BCUT2D eigenvalue weighted by molar-refractivity contribution is 6.33. The van der Waals surface area contributed by atoms with Crippen LogP contribution in [-0.4, -0.2) is 46.6 Å². The van der Waals surface area contributed by atoms with Crippen LogP contribution < -0.4 is 29.0 Å². The quantitative estimate of drug-likeness (QED) is 0.447. The van der Waals surface area contributed by atoms with Crippen molar-refractivity contribution in [2.24, 2.45) is 11.8 Å². The zero-order chi connectivity index (χ0) is 27.3. The predicted molar refractivity (Wildman–Crippen MR) is 140 cm³/mol. The van der Waals surface area contributed by atoms with Gasteiger partial charge in [-0.2, -0.15) is 0 Å². The van der Waals surface area contributed by atoms with Gasteiger partial charge < -0.3 is 33.7 Å². The van der Waals surface area contributed by atoms with Gasteiger partial charge in [-0.15, -0.1) is 0 Å². The molecule has 4 atom stereocenters. The number of fused-ring (bicyclic) bond motifs is 3. The number of methoxy groups -OCH3 is 3. The van der Waals surface area contributed by atoms with Crippen molar-refractivity contribution in [3.8, 4) is 28.7 Å². The molecule has 1 aliphatic carbocycles. The van der Waals surface area contributed by atoms with Crippen molar-refractivity contribution in [2.45, 2.75) is 12.0 Å². The number of hydrogen-bond donors (Lipinski definition) is 1. The Labute approximate surface area is 229 Å². The third-order valence-electron chi connectivity index (χ3n) is 7.64. The van der Waals surface area contributed by atoms with E-state index in [0.29, 0.717) is 39.3 Å². The summed E-state index contributed by atoms with van der Waals surface area (Å²) in [5.41, 5.74) is 2.72. The van der Waals surface area contributed by atoms with Gasteiger partial charge in [-0.25, -0.2) is 0 Å². The van der Waals surface area contributed by atoms with Crippen LogP contribution in [-0.2, 0) is 9.53 Å². The minimum absolute atomic E-state index is 0.0820. The lowest BCUT2D eigenvalue weighted by Gasteiger charge is -2.39. The van der Waals surface area contributed by atoms with Gasteiger partial charge in [0.1, 0.15) is 0 Å². The van der Waals surface area contributed by atoms with Gasteiger partial charge in [-0.3, -0.25) is 9.59 Å². The standard InChI is InChI=1S/C29H26ClNO8/c1-34-22-8-14(9-23(35-2)27(22)36-3)24-16-10-20-21(39-13-38-20)11-17(16)26(18-12-37-29(33)25(18)24)31-28(32)15-6-4-5-7-19(15)30/h4-11,18,24-26H,12-13H2,1-3H3,(H,31,32)/t18-,24+,25-,26+/m0/s1. The number of halogens is 1. The van der Waals surface area contributed by atoms with E-state index in [2.05, 4.69) is 5.32 Å². The van der Waals surface area contributed by atoms with E-state index in [1.54, 1.807) is 38.5 Å². The Balaban J connectivity index is 1.53. The highest BCUT2D eigenvalue weighted by atomic mass is 35.5. The number of nitrogens with one attached hydrogen (secondary N) is 1. The van der Waals surface area contributed by atoms with Crippen LogP contribution in [0.5, 0.6) is 28.7 Å². The van der Waals surface area contributed by atoms with Crippen molar-refractivity contribution in [1.29, 1.82) is 0 Å². The number of amides is 1. The molecule has 0 spiro atoms. The van der Waals surface area contributed by atoms with Crippen LogP contribution in [0.15, 0.2) is 48.5 Å². The summed E-state index contributed by atoms with van der Waals surface area (Å²) in [6, 6.07) is 13.7. The topological polar surface area (TPSA) is 102 Å². The van der Waals surface area contributed by atoms with Gasteiger partial charge >= 0.3 is 5.97 Å². The fraction of sp³-hybridized carbons (Fsp3) is 0.310. The van der Waals surface area contributed by atoms with Gasteiger partial charge in [0.25, 0.3) is 5.91 Å². The van der Waals surface area contributed by atoms with Crippen LogP contribution >= 0.6 is 11.6 Å². The molecular weight excluding hydrogens is 526 g/mol. The average Bonchev–Trinajstić information content (AvgIpc) is 3.57. The zero-order valence-electron chi connectivity index (χ0n) is 21.5. The molecule has 0 saturated carbocycles. The Morgan fingerprint density at radius 2 is 1.59 bits per heavy atom. The molecule has 3 aromatic carbocycles. The number of rotatable bonds is 6. The fourth-order valence-corrected chi connectivity index (χ4v) is 6.11. The van der Waals surface area contributed by atoms with E-state index < -0.39 is 17.9 Å². The van der Waals surface area contributed by atoms with E-state index >= 15 is 0 Å². The predicted octanol–water partition coefficient (Wildman–Crippen LogP) is 4.50. The summed E-state index contributed by atoms with van der Waals surface area (Å²) < 4.78 is 33.7.